The van der Waals surface area contributed by atoms with Crippen LogP contribution in [-0.4, -0.2) is 59.9 Å². The zero-order valence-corrected chi connectivity index (χ0v) is 19.4. The molecule has 2 aromatic rings. The molecule has 7 heteroatoms. The molecule has 1 atom stereocenters. The number of likely N-dealkylation sites (tertiary alicyclic amines) is 2. The van der Waals surface area contributed by atoms with Gasteiger partial charge in [0.2, 0.25) is 11.8 Å². The van der Waals surface area contributed by atoms with E-state index in [4.69, 9.17) is 9.72 Å². The molecule has 3 heterocycles. The van der Waals surface area contributed by atoms with E-state index in [1.54, 1.807) is 17.0 Å². The van der Waals surface area contributed by atoms with E-state index in [2.05, 4.69) is 0 Å². The predicted molar refractivity (Wildman–Crippen MR) is 123 cm³/mol. The summed E-state index contributed by atoms with van der Waals surface area (Å²) in [5.74, 6) is -0.113. The van der Waals surface area contributed by atoms with E-state index in [1.807, 2.05) is 36.1 Å². The van der Waals surface area contributed by atoms with Gasteiger partial charge in [0.05, 0.1) is 11.7 Å². The van der Waals surface area contributed by atoms with Crippen molar-refractivity contribution in [3.63, 3.8) is 0 Å². The van der Waals surface area contributed by atoms with Crippen LogP contribution in [-0.2, 0) is 20.7 Å². The molecule has 0 radical (unpaired) electrons. The van der Waals surface area contributed by atoms with Crippen molar-refractivity contribution in [2.75, 3.05) is 33.4 Å². The van der Waals surface area contributed by atoms with Crippen molar-refractivity contribution in [2.45, 2.75) is 45.1 Å². The van der Waals surface area contributed by atoms with E-state index >= 15 is 0 Å². The highest BCUT2D eigenvalue weighted by atomic mass is 19.1. The maximum absolute atomic E-state index is 14.1. The first-order valence-electron chi connectivity index (χ1n) is 11.7. The molecule has 176 valence electrons. The molecule has 2 aliphatic rings. The largest absolute Gasteiger partial charge is 0.375 e. The van der Waals surface area contributed by atoms with Crippen LogP contribution < -0.4 is 0 Å². The number of carbonyl (C=O) groups excluding carboxylic acids is 2. The van der Waals surface area contributed by atoms with Crippen molar-refractivity contribution in [3.05, 3.63) is 65.2 Å². The van der Waals surface area contributed by atoms with Crippen LogP contribution in [0.3, 0.4) is 0 Å². The number of halogens is 1. The SMILES string of the molecule is COCC(=O)N1CCC(C)(C(=O)N2CCC[C@H]2c2cccc(Cc3ccccc3F)n2)CC1. The molecule has 2 saturated heterocycles. The molecule has 2 fully saturated rings. The van der Waals surface area contributed by atoms with Crippen molar-refractivity contribution < 1.29 is 18.7 Å². The first-order valence-corrected chi connectivity index (χ1v) is 11.7. The Balaban J connectivity index is 1.46. The third kappa shape index (κ3) is 5.08. The zero-order chi connectivity index (χ0) is 23.4. The summed E-state index contributed by atoms with van der Waals surface area (Å²) in [6.07, 6.45) is 3.52. The number of methoxy groups -OCH3 is 1. The molecule has 33 heavy (non-hydrogen) atoms. The second-order valence-electron chi connectivity index (χ2n) is 9.35. The third-order valence-corrected chi connectivity index (χ3v) is 7.02. The fraction of sp³-hybridized carbons (Fsp3) is 0.500. The van der Waals surface area contributed by atoms with Gasteiger partial charge in [0.25, 0.3) is 0 Å². The predicted octanol–water partition coefficient (Wildman–Crippen LogP) is 3.75. The van der Waals surface area contributed by atoms with Gasteiger partial charge in [-0.2, -0.15) is 0 Å². The Labute approximate surface area is 194 Å². The summed E-state index contributed by atoms with van der Waals surface area (Å²) in [5.41, 5.74) is 1.79. The summed E-state index contributed by atoms with van der Waals surface area (Å²) in [5, 5.41) is 0. The lowest BCUT2D eigenvalue weighted by atomic mass is 9.78. The molecule has 4 rings (SSSR count). The number of benzene rings is 1. The van der Waals surface area contributed by atoms with Gasteiger partial charge in [0, 0.05) is 44.3 Å². The van der Waals surface area contributed by atoms with Crippen molar-refractivity contribution in [1.29, 1.82) is 0 Å². The van der Waals surface area contributed by atoms with Gasteiger partial charge in [-0.25, -0.2) is 4.39 Å². The summed E-state index contributed by atoms with van der Waals surface area (Å²) in [7, 11) is 1.52. The Hall–Kier alpha value is -2.80. The Morgan fingerprint density at radius 3 is 2.61 bits per heavy atom. The maximum atomic E-state index is 14.1. The minimum atomic E-state index is -0.489. The quantitative estimate of drug-likeness (QED) is 0.668. The molecule has 1 aromatic heterocycles. The highest BCUT2D eigenvalue weighted by Crippen LogP contribution is 2.39. The van der Waals surface area contributed by atoms with Gasteiger partial charge in [0.15, 0.2) is 0 Å². The molecule has 6 nitrogen and oxygen atoms in total. The molecule has 0 saturated carbocycles. The second kappa shape index (κ2) is 10.00. The number of hydrogen-bond acceptors (Lipinski definition) is 4. The van der Waals surface area contributed by atoms with E-state index in [0.717, 1.165) is 24.2 Å². The van der Waals surface area contributed by atoms with Gasteiger partial charge in [-0.3, -0.25) is 14.6 Å². The summed E-state index contributed by atoms with van der Waals surface area (Å²) < 4.78 is 19.1. The molecule has 1 aromatic carbocycles. The van der Waals surface area contributed by atoms with Crippen LogP contribution in [0.5, 0.6) is 0 Å². The summed E-state index contributed by atoms with van der Waals surface area (Å²) in [6.45, 7) is 3.95. The lowest BCUT2D eigenvalue weighted by Gasteiger charge is -2.41. The van der Waals surface area contributed by atoms with Gasteiger partial charge in [-0.05, 0) is 49.4 Å². The normalized spacial score (nSPS) is 20.2. The van der Waals surface area contributed by atoms with Gasteiger partial charge in [-0.15, -0.1) is 0 Å². The monoisotopic (exact) mass is 453 g/mol. The van der Waals surface area contributed by atoms with E-state index < -0.39 is 5.41 Å². The average Bonchev–Trinajstić information content (AvgIpc) is 3.31. The lowest BCUT2D eigenvalue weighted by Crippen LogP contribution is -2.50. The Kier molecular flexibility index (Phi) is 7.08. The fourth-order valence-corrected chi connectivity index (χ4v) is 4.96. The molecule has 0 unspecified atom stereocenters. The number of pyridine rings is 1. The van der Waals surface area contributed by atoms with Crippen LogP contribution in [0, 0.1) is 11.2 Å². The number of piperidine rings is 1. The van der Waals surface area contributed by atoms with Gasteiger partial charge >= 0.3 is 0 Å². The molecular weight excluding hydrogens is 421 g/mol. The van der Waals surface area contributed by atoms with Crippen molar-refractivity contribution in [2.24, 2.45) is 5.41 Å². The third-order valence-electron chi connectivity index (χ3n) is 7.02. The summed E-state index contributed by atoms with van der Waals surface area (Å²) >= 11 is 0. The van der Waals surface area contributed by atoms with Crippen LogP contribution >= 0.6 is 0 Å². The van der Waals surface area contributed by atoms with Crippen LogP contribution in [0.15, 0.2) is 42.5 Å². The van der Waals surface area contributed by atoms with Crippen LogP contribution in [0.25, 0.3) is 0 Å². The first-order chi connectivity index (χ1) is 15.9. The molecule has 2 aliphatic heterocycles. The summed E-state index contributed by atoms with van der Waals surface area (Å²) in [4.78, 5) is 34.4. The minimum absolute atomic E-state index is 0.0260. The van der Waals surface area contributed by atoms with Crippen LogP contribution in [0.4, 0.5) is 4.39 Å². The molecule has 0 bridgehead atoms. The Morgan fingerprint density at radius 2 is 1.88 bits per heavy atom. The van der Waals surface area contributed by atoms with Crippen molar-refractivity contribution in [3.8, 4) is 0 Å². The van der Waals surface area contributed by atoms with Crippen LogP contribution in [0.2, 0.25) is 0 Å². The van der Waals surface area contributed by atoms with E-state index in [-0.39, 0.29) is 30.3 Å². The lowest BCUT2D eigenvalue weighted by molar-refractivity contribution is -0.149. The molecule has 0 N–H and O–H groups in total. The topological polar surface area (TPSA) is 62.7 Å². The molecule has 0 aliphatic carbocycles. The van der Waals surface area contributed by atoms with Gasteiger partial charge in [0.1, 0.15) is 12.4 Å². The smallest absolute Gasteiger partial charge is 0.248 e. The molecule has 2 amide bonds. The van der Waals surface area contributed by atoms with Gasteiger partial charge < -0.3 is 14.5 Å². The van der Waals surface area contributed by atoms with E-state index in [9.17, 15) is 14.0 Å². The van der Waals surface area contributed by atoms with Gasteiger partial charge in [-0.1, -0.05) is 31.2 Å². The van der Waals surface area contributed by atoms with Crippen molar-refractivity contribution >= 4 is 11.8 Å². The standard InChI is InChI=1S/C26H32FN3O3/c1-26(12-15-29(16-13-26)24(31)18-33-2)25(32)30-14-6-11-23(30)22-10-5-8-20(28-22)17-19-7-3-4-9-21(19)27/h3-5,7-10,23H,6,11-18H2,1-2H3/t23-/m0/s1. The number of hydrogen-bond donors (Lipinski definition) is 0. The summed E-state index contributed by atoms with van der Waals surface area (Å²) in [6, 6.07) is 12.5. The Bertz CT molecular complexity index is 1000. The number of nitrogens with zero attached hydrogens (tertiary/aromatic N) is 3. The molecular formula is C26H32FN3O3. The average molecular weight is 454 g/mol. The Morgan fingerprint density at radius 1 is 1.12 bits per heavy atom. The van der Waals surface area contributed by atoms with E-state index in [1.165, 1.54) is 13.2 Å². The maximum Gasteiger partial charge on any atom is 0.248 e. The highest BCUT2D eigenvalue weighted by Gasteiger charge is 2.44. The minimum Gasteiger partial charge on any atom is -0.375 e. The molecule has 0 spiro atoms. The number of ether oxygens (including phenoxy) is 1. The number of carbonyl (C=O) groups is 2. The second-order valence-corrected chi connectivity index (χ2v) is 9.35. The highest BCUT2D eigenvalue weighted by molar-refractivity contribution is 5.84. The number of aromatic nitrogens is 1. The first kappa shape index (κ1) is 23.4. The number of rotatable bonds is 6. The zero-order valence-electron chi connectivity index (χ0n) is 19.4. The van der Waals surface area contributed by atoms with Crippen molar-refractivity contribution in [1.82, 2.24) is 14.8 Å². The fourth-order valence-electron chi connectivity index (χ4n) is 4.96. The number of amides is 2. The van der Waals surface area contributed by atoms with Crippen LogP contribution in [0.1, 0.15) is 55.6 Å². The van der Waals surface area contributed by atoms with E-state index in [0.29, 0.717) is 44.5 Å².